The van der Waals surface area contributed by atoms with Crippen LogP contribution in [0, 0.1) is 5.41 Å². The van der Waals surface area contributed by atoms with Gasteiger partial charge < -0.3 is 20.0 Å². The molecule has 1 aliphatic heterocycles. The number of ether oxygens (including phenoxy) is 1. The number of nitrogen functional groups attached to an aromatic ring is 1. The maximum absolute atomic E-state index is 13.4. The molecule has 0 amide bonds. The van der Waals surface area contributed by atoms with Crippen LogP contribution in [0.4, 0.5) is 5.69 Å². The molecule has 0 saturated heterocycles. The molecule has 0 unspecified atom stereocenters. The Labute approximate surface area is 218 Å². The second-order valence-electron chi connectivity index (χ2n) is 8.69. The van der Waals surface area contributed by atoms with Gasteiger partial charge in [-0.25, -0.2) is 17.9 Å². The van der Waals surface area contributed by atoms with Crippen LogP contribution in [0.3, 0.4) is 0 Å². The van der Waals surface area contributed by atoms with Gasteiger partial charge >= 0.3 is 11.9 Å². The van der Waals surface area contributed by atoms with E-state index in [2.05, 4.69) is 9.46 Å². The van der Waals surface area contributed by atoms with E-state index in [9.17, 15) is 23.1 Å². The van der Waals surface area contributed by atoms with Gasteiger partial charge in [-0.2, -0.15) is 0 Å². The van der Waals surface area contributed by atoms with Gasteiger partial charge in [0.25, 0.3) is 0 Å². The number of carbonyl (C=O) groups excluding carboxylic acids is 1. The number of anilines is 1. The zero-order chi connectivity index (χ0) is 27.4. The SMILES string of the molecule is COC(=O)CCCCCNS(=O)(=O)c1c2oc3cc(N)ccc3c(-c3ccccc3C(=O)O)c-2ccc1=N. The number of nitrogens with two attached hydrogens (primary N) is 1. The van der Waals surface area contributed by atoms with Gasteiger partial charge in [0.15, 0.2) is 10.7 Å². The molecule has 2 aromatic rings. The summed E-state index contributed by atoms with van der Waals surface area (Å²) in [5, 5.41) is 18.5. The number of methoxy groups -OCH3 is 1. The van der Waals surface area contributed by atoms with Gasteiger partial charge in [-0.15, -0.1) is 0 Å². The van der Waals surface area contributed by atoms with E-state index < -0.39 is 16.0 Å². The smallest absolute Gasteiger partial charge is 0.336 e. The van der Waals surface area contributed by atoms with Gasteiger partial charge in [-0.05, 0) is 48.7 Å². The van der Waals surface area contributed by atoms with E-state index in [1.54, 1.807) is 36.4 Å². The highest BCUT2D eigenvalue weighted by atomic mass is 32.2. The number of nitrogens with one attached hydrogen (secondary N) is 2. The lowest BCUT2D eigenvalue weighted by atomic mass is 9.90. The molecule has 0 aromatic heterocycles. The molecule has 198 valence electrons. The molecule has 10 nitrogen and oxygen atoms in total. The first-order valence-electron chi connectivity index (χ1n) is 11.9. The molecule has 1 aliphatic carbocycles. The highest BCUT2D eigenvalue weighted by Crippen LogP contribution is 2.43. The summed E-state index contributed by atoms with van der Waals surface area (Å²) < 4.78 is 40.0. The Bertz CT molecular complexity index is 1660. The van der Waals surface area contributed by atoms with Gasteiger partial charge in [0.05, 0.1) is 18.0 Å². The van der Waals surface area contributed by atoms with Gasteiger partial charge in [0.1, 0.15) is 5.58 Å². The van der Waals surface area contributed by atoms with Crippen molar-refractivity contribution in [3.63, 3.8) is 0 Å². The fraction of sp³-hybridized carbons (Fsp3) is 0.222. The van der Waals surface area contributed by atoms with E-state index in [1.807, 2.05) is 0 Å². The van der Waals surface area contributed by atoms with Crippen molar-refractivity contribution in [2.45, 2.75) is 30.6 Å². The zero-order valence-electron chi connectivity index (χ0n) is 20.6. The average molecular weight is 538 g/mol. The van der Waals surface area contributed by atoms with Crippen molar-refractivity contribution in [2.24, 2.45) is 0 Å². The van der Waals surface area contributed by atoms with E-state index in [0.29, 0.717) is 47.0 Å². The number of benzene rings is 3. The van der Waals surface area contributed by atoms with Crippen molar-refractivity contribution >= 4 is 38.6 Å². The number of aromatic carboxylic acids is 1. The molecule has 4 rings (SSSR count). The number of carboxylic acid groups (broad SMARTS) is 1. The summed E-state index contributed by atoms with van der Waals surface area (Å²) in [5.74, 6) is -1.55. The standard InChI is InChI=1S/C27H27N3O7S/c1-36-23(31)9-3-2-6-14-30-38(34,35)26-21(29)13-12-20-24(17-7-4-5-8-18(17)27(32)33)19-11-10-16(28)15-22(19)37-25(20)26/h4-5,7-8,10-13,15,29-30H,2-3,6,9,14,28H2,1H3,(H,32,33). The third-order valence-corrected chi connectivity index (χ3v) is 7.67. The lowest BCUT2D eigenvalue weighted by molar-refractivity contribution is -0.140. The van der Waals surface area contributed by atoms with Crippen LogP contribution >= 0.6 is 0 Å². The molecule has 0 bridgehead atoms. The molecule has 11 heteroatoms. The normalized spacial score (nSPS) is 11.6. The number of carbonyl (C=O) groups is 2. The minimum atomic E-state index is -4.20. The average Bonchev–Trinajstić information content (AvgIpc) is 2.88. The fourth-order valence-corrected chi connectivity index (χ4v) is 5.65. The van der Waals surface area contributed by atoms with Crippen molar-refractivity contribution in [1.29, 1.82) is 5.41 Å². The maximum atomic E-state index is 13.4. The predicted octanol–water partition coefficient (Wildman–Crippen LogP) is 3.98. The van der Waals surface area contributed by atoms with Crippen LogP contribution in [-0.4, -0.2) is 39.1 Å². The fourth-order valence-electron chi connectivity index (χ4n) is 4.34. The molecular weight excluding hydrogens is 510 g/mol. The van der Waals surface area contributed by atoms with Crippen LogP contribution in [0.25, 0.3) is 33.4 Å². The first kappa shape index (κ1) is 26.8. The number of rotatable bonds is 10. The first-order valence-corrected chi connectivity index (χ1v) is 13.3. The van der Waals surface area contributed by atoms with Crippen molar-refractivity contribution in [3.05, 3.63) is 65.5 Å². The van der Waals surface area contributed by atoms with Gasteiger partial charge in [-0.1, -0.05) is 24.6 Å². The minimum absolute atomic E-state index is 0.0301. The Morgan fingerprint density at radius 1 is 1.05 bits per heavy atom. The number of esters is 1. The van der Waals surface area contributed by atoms with Gasteiger partial charge in [0.2, 0.25) is 10.0 Å². The van der Waals surface area contributed by atoms with E-state index >= 15 is 0 Å². The van der Waals surface area contributed by atoms with E-state index in [1.165, 1.54) is 25.3 Å². The van der Waals surface area contributed by atoms with Crippen molar-refractivity contribution in [1.82, 2.24) is 4.72 Å². The highest BCUT2D eigenvalue weighted by molar-refractivity contribution is 7.89. The highest BCUT2D eigenvalue weighted by Gasteiger charge is 2.29. The topological polar surface area (TPSA) is 173 Å². The number of fused-ring (bicyclic) bond motifs is 2. The summed E-state index contributed by atoms with van der Waals surface area (Å²) >= 11 is 0. The molecule has 0 fully saturated rings. The summed E-state index contributed by atoms with van der Waals surface area (Å²) in [5.41, 5.74) is 7.78. The van der Waals surface area contributed by atoms with Crippen LogP contribution in [0.2, 0.25) is 0 Å². The maximum Gasteiger partial charge on any atom is 0.336 e. The molecule has 1 heterocycles. The zero-order valence-corrected chi connectivity index (χ0v) is 21.4. The minimum Gasteiger partial charge on any atom is -0.478 e. The third kappa shape index (κ3) is 5.38. The molecule has 38 heavy (non-hydrogen) atoms. The monoisotopic (exact) mass is 537 g/mol. The summed E-state index contributed by atoms with van der Waals surface area (Å²) in [7, 11) is -2.89. The van der Waals surface area contributed by atoms with Crippen LogP contribution < -0.4 is 15.8 Å². The number of carboxylic acids is 1. The molecule has 0 atom stereocenters. The van der Waals surface area contributed by atoms with Crippen molar-refractivity contribution in [2.75, 3.05) is 19.4 Å². The molecule has 0 spiro atoms. The molecule has 5 N–H and O–H groups in total. The second-order valence-corrected chi connectivity index (χ2v) is 10.4. The number of hydrogen-bond acceptors (Lipinski definition) is 8. The quantitative estimate of drug-likeness (QED) is 0.102. The predicted molar refractivity (Wildman–Crippen MR) is 141 cm³/mol. The summed E-state index contributed by atoms with van der Waals surface area (Å²) in [6.07, 6.45) is 1.88. The summed E-state index contributed by atoms with van der Waals surface area (Å²) in [4.78, 5) is 22.9. The van der Waals surface area contributed by atoms with Gasteiger partial charge in [-0.3, -0.25) is 10.2 Å². The van der Waals surface area contributed by atoms with E-state index in [4.69, 9.17) is 15.6 Å². The number of unbranched alkanes of at least 4 members (excludes halogenated alkanes) is 2. The Morgan fingerprint density at radius 2 is 1.82 bits per heavy atom. The van der Waals surface area contributed by atoms with Crippen LogP contribution in [0.1, 0.15) is 36.0 Å². The Kier molecular flexibility index (Phi) is 7.79. The van der Waals surface area contributed by atoms with Crippen LogP contribution in [-0.2, 0) is 19.6 Å². The van der Waals surface area contributed by atoms with E-state index in [-0.39, 0.29) is 46.1 Å². The summed E-state index contributed by atoms with van der Waals surface area (Å²) in [6, 6.07) is 14.2. The largest absolute Gasteiger partial charge is 0.478 e. The molecule has 2 aromatic carbocycles. The van der Waals surface area contributed by atoms with Crippen molar-refractivity contribution < 1.29 is 32.3 Å². The third-order valence-electron chi connectivity index (χ3n) is 6.14. The summed E-state index contributed by atoms with van der Waals surface area (Å²) in [6.45, 7) is 0.0918. The van der Waals surface area contributed by atoms with Gasteiger partial charge in [0, 0.05) is 41.2 Å². The number of hydrogen-bond donors (Lipinski definition) is 4. The number of sulfonamides is 1. The molecule has 2 aliphatic rings. The van der Waals surface area contributed by atoms with Crippen molar-refractivity contribution in [3.8, 4) is 22.5 Å². The Morgan fingerprint density at radius 3 is 2.55 bits per heavy atom. The molecule has 0 radical (unpaired) electrons. The van der Waals surface area contributed by atoms with E-state index in [0.717, 1.165) is 0 Å². The van der Waals surface area contributed by atoms with Crippen LogP contribution in [0.5, 0.6) is 0 Å². The molecule has 0 saturated carbocycles. The first-order chi connectivity index (χ1) is 18.1. The Hall–Kier alpha value is -4.22. The van der Waals surface area contributed by atoms with Crippen LogP contribution in [0.15, 0.2) is 63.9 Å². The lowest BCUT2D eigenvalue weighted by Gasteiger charge is -2.19. The Balaban J connectivity index is 1.82. The lowest BCUT2D eigenvalue weighted by Crippen LogP contribution is -2.30. The second kappa shape index (κ2) is 11.0. The molecular formula is C27H27N3O7S.